The van der Waals surface area contributed by atoms with Crippen LogP contribution in [-0.4, -0.2) is 67.7 Å². The smallest absolute Gasteiger partial charge is 0.444 e. The minimum absolute atomic E-state index is 0.108. The molecule has 2 atom stereocenters. The van der Waals surface area contributed by atoms with Crippen LogP contribution in [0.15, 0.2) is 42.5 Å². The van der Waals surface area contributed by atoms with Crippen LogP contribution in [0.4, 0.5) is 23.2 Å². The first kappa shape index (κ1) is 30.6. The topological polar surface area (TPSA) is 113 Å². The number of nitrogens with one attached hydrogen (secondary N) is 1. The van der Waals surface area contributed by atoms with E-state index in [2.05, 4.69) is 25.2 Å². The molecule has 2 saturated heterocycles. The summed E-state index contributed by atoms with van der Waals surface area (Å²) in [5.41, 5.74) is 2.70. The van der Waals surface area contributed by atoms with Crippen molar-refractivity contribution in [3.8, 4) is 23.0 Å². The number of aliphatic hydroxyl groups excluding tert-OH is 1. The Bertz CT molecular complexity index is 1760. The number of nitrogens with zero attached hydrogens (tertiary/aromatic N) is 6. The van der Waals surface area contributed by atoms with Crippen molar-refractivity contribution in [2.24, 2.45) is 0 Å². The van der Waals surface area contributed by atoms with Crippen molar-refractivity contribution in [2.45, 2.75) is 56.7 Å². The van der Waals surface area contributed by atoms with Gasteiger partial charge in [0.2, 0.25) is 11.6 Å². The number of likely N-dealkylation sites (tertiary alicyclic amines) is 1. The van der Waals surface area contributed by atoms with Gasteiger partial charge >= 0.3 is 6.18 Å². The second-order valence-corrected chi connectivity index (χ2v) is 12.4. The number of hydrogen-bond donors (Lipinski definition) is 2. The number of aromatic amines is 1. The van der Waals surface area contributed by atoms with E-state index >= 15 is 0 Å². The first-order chi connectivity index (χ1) is 22.0. The second kappa shape index (κ2) is 11.7. The van der Waals surface area contributed by atoms with Gasteiger partial charge in [0, 0.05) is 37.1 Å². The lowest BCUT2D eigenvalue weighted by molar-refractivity contribution is -0.144. The molecule has 2 fully saturated rings. The van der Waals surface area contributed by atoms with Gasteiger partial charge in [0.15, 0.2) is 11.5 Å². The van der Waals surface area contributed by atoms with Crippen LogP contribution in [-0.2, 0) is 18.5 Å². The molecule has 2 aromatic heterocycles. The van der Waals surface area contributed by atoms with Gasteiger partial charge in [-0.1, -0.05) is 23.7 Å². The van der Waals surface area contributed by atoms with Gasteiger partial charge in [-0.05, 0) is 68.6 Å². The minimum atomic E-state index is -4.67. The molecule has 0 amide bonds. The average Bonchev–Trinajstić information content (AvgIpc) is 3.76. The second-order valence-electron chi connectivity index (χ2n) is 12.0. The van der Waals surface area contributed by atoms with Gasteiger partial charge in [-0.25, -0.2) is 9.37 Å². The molecule has 0 aliphatic carbocycles. The fourth-order valence-electron chi connectivity index (χ4n) is 6.42. The highest BCUT2D eigenvalue weighted by molar-refractivity contribution is 6.30. The highest BCUT2D eigenvalue weighted by atomic mass is 35.5. The lowest BCUT2D eigenvalue weighted by Gasteiger charge is -2.33. The maximum Gasteiger partial charge on any atom is 0.451 e. The third kappa shape index (κ3) is 5.84. The Morgan fingerprint density at radius 2 is 1.87 bits per heavy atom. The Balaban J connectivity index is 1.07. The molecule has 3 aliphatic heterocycles. The molecule has 0 saturated carbocycles. The first-order valence-corrected chi connectivity index (χ1v) is 15.3. The van der Waals surface area contributed by atoms with E-state index in [4.69, 9.17) is 21.1 Å². The molecule has 5 heterocycles. The van der Waals surface area contributed by atoms with Crippen molar-refractivity contribution in [2.75, 3.05) is 31.1 Å². The van der Waals surface area contributed by atoms with Crippen molar-refractivity contribution < 1.29 is 32.1 Å². The highest BCUT2D eigenvalue weighted by Crippen LogP contribution is 2.50. The number of β-amino-alcohol motifs (C(OH)–C–C–N with tert-alkyl or cyclic N) is 1. The zero-order chi connectivity index (χ0) is 32.2. The van der Waals surface area contributed by atoms with Crippen LogP contribution in [0.3, 0.4) is 0 Å². The zero-order valence-electron chi connectivity index (χ0n) is 24.7. The summed E-state index contributed by atoms with van der Waals surface area (Å²) in [5.74, 6) is -1.93. The van der Waals surface area contributed by atoms with Crippen LogP contribution in [0.25, 0.3) is 11.5 Å². The largest absolute Gasteiger partial charge is 0.451 e. The predicted octanol–water partition coefficient (Wildman–Crippen LogP) is 5.67. The van der Waals surface area contributed by atoms with Crippen LogP contribution in [0, 0.1) is 5.82 Å². The van der Waals surface area contributed by atoms with Crippen LogP contribution in [0.5, 0.6) is 11.5 Å². The maximum absolute atomic E-state index is 14.8. The Labute approximate surface area is 266 Å². The molecule has 0 bridgehead atoms. The third-order valence-electron chi connectivity index (χ3n) is 8.77. The molecule has 2 N–H and O–H groups in total. The number of para-hydroxylation sites is 1. The van der Waals surface area contributed by atoms with Gasteiger partial charge in [-0.3, -0.25) is 10.00 Å². The van der Waals surface area contributed by atoms with Gasteiger partial charge in [0.1, 0.15) is 17.2 Å². The summed E-state index contributed by atoms with van der Waals surface area (Å²) in [6.07, 6.45) is -2.99. The molecule has 15 heteroatoms. The number of alkyl halides is 3. The summed E-state index contributed by atoms with van der Waals surface area (Å²) in [6, 6.07) is 11.8. The molecule has 3 aliphatic rings. The molecule has 4 aromatic rings. The van der Waals surface area contributed by atoms with E-state index in [-0.39, 0.29) is 28.0 Å². The lowest BCUT2D eigenvalue weighted by Crippen LogP contribution is -2.34. The quantitative estimate of drug-likeness (QED) is 0.253. The van der Waals surface area contributed by atoms with Crippen molar-refractivity contribution in [3.05, 3.63) is 75.9 Å². The Morgan fingerprint density at radius 3 is 2.57 bits per heavy atom. The summed E-state index contributed by atoms with van der Waals surface area (Å²) in [7, 11) is 0. The molecule has 7 rings (SSSR count). The Kier molecular flexibility index (Phi) is 7.76. The van der Waals surface area contributed by atoms with Gasteiger partial charge in [-0.15, -0.1) is 5.10 Å². The highest BCUT2D eigenvalue weighted by Gasteiger charge is 2.43. The van der Waals surface area contributed by atoms with Gasteiger partial charge in [-0.2, -0.15) is 23.4 Å². The molecule has 46 heavy (non-hydrogen) atoms. The molecule has 10 nitrogen and oxygen atoms in total. The molecule has 0 spiro atoms. The number of ether oxygens (including phenoxy) is 2. The van der Waals surface area contributed by atoms with E-state index in [9.17, 15) is 22.7 Å². The van der Waals surface area contributed by atoms with Crippen LogP contribution < -0.4 is 14.4 Å². The van der Waals surface area contributed by atoms with E-state index in [0.29, 0.717) is 48.9 Å². The van der Waals surface area contributed by atoms with Crippen molar-refractivity contribution in [1.29, 1.82) is 0 Å². The Morgan fingerprint density at radius 1 is 1.07 bits per heavy atom. The molecular weight excluding hydrogens is 630 g/mol. The monoisotopic (exact) mass is 659 g/mol. The summed E-state index contributed by atoms with van der Waals surface area (Å²) >= 11 is 5.96. The van der Waals surface area contributed by atoms with E-state index in [0.717, 1.165) is 31.5 Å². The lowest BCUT2D eigenvalue weighted by atomic mass is 9.88. The molecule has 242 valence electrons. The third-order valence-corrected chi connectivity index (χ3v) is 9.00. The van der Waals surface area contributed by atoms with Gasteiger partial charge < -0.3 is 19.5 Å². The number of H-pyrrole nitrogens is 1. The first-order valence-electron chi connectivity index (χ1n) is 15.0. The summed E-state index contributed by atoms with van der Waals surface area (Å²) in [6.45, 7) is 4.57. The number of aliphatic hydroxyl groups is 1. The SMILES string of the molecule is C[C@@]1(c2ccc(Cl)cc2F)Oc2cccc(C3CCN(Cc4nnc(-c5n[nH]c(C(F)(F)F)n5)cc4N4CC[C@@H](O)C4)CC3)c2O1. The Hall–Kier alpha value is -4.01. The number of aromatic nitrogens is 5. The normalized spacial score (nSPS) is 22.2. The zero-order valence-corrected chi connectivity index (χ0v) is 25.4. The summed E-state index contributed by atoms with van der Waals surface area (Å²) in [5, 5.41) is 24.7. The number of anilines is 1. The van der Waals surface area contributed by atoms with Crippen LogP contribution >= 0.6 is 11.6 Å². The number of rotatable bonds is 6. The van der Waals surface area contributed by atoms with E-state index in [1.807, 2.05) is 28.2 Å². The van der Waals surface area contributed by atoms with E-state index in [1.165, 1.54) is 6.07 Å². The molecule has 0 unspecified atom stereocenters. The molecule has 0 radical (unpaired) electrons. The molecular formula is C31H30ClF4N7O3. The standard InChI is InChI=1S/C31H30ClF4N7O3/c1-30(21-6-5-18(32)13-22(21)33)45-26-4-2-3-20(27(26)46-30)17-7-10-42(11-8-17)16-24-25(43-12-9-19(44)15-43)14-23(38-39-24)28-37-29(41-40-28)31(34,35)36/h2-6,13-14,17,19,44H,7-12,15-16H2,1H3,(H,37,40,41)/t19-,30-/m1/s1. The number of hydrogen-bond acceptors (Lipinski definition) is 9. The van der Waals surface area contributed by atoms with Gasteiger partial charge in [0.05, 0.1) is 17.4 Å². The van der Waals surface area contributed by atoms with Gasteiger partial charge in [0.25, 0.3) is 5.79 Å². The average molecular weight is 660 g/mol. The van der Waals surface area contributed by atoms with Crippen molar-refractivity contribution in [1.82, 2.24) is 30.3 Å². The summed E-state index contributed by atoms with van der Waals surface area (Å²) in [4.78, 5) is 7.77. The molecule has 2 aromatic carbocycles. The fraction of sp³-hybridized carbons (Fsp3) is 0.419. The fourth-order valence-corrected chi connectivity index (χ4v) is 6.58. The maximum atomic E-state index is 14.8. The number of fused-ring (bicyclic) bond motifs is 1. The van der Waals surface area contributed by atoms with Crippen LogP contribution in [0.1, 0.15) is 54.7 Å². The van der Waals surface area contributed by atoms with E-state index in [1.54, 1.807) is 25.1 Å². The number of halogens is 5. The predicted molar refractivity (Wildman–Crippen MR) is 159 cm³/mol. The summed E-state index contributed by atoms with van der Waals surface area (Å²) < 4.78 is 66.6. The van der Waals surface area contributed by atoms with Crippen LogP contribution in [0.2, 0.25) is 5.02 Å². The van der Waals surface area contributed by atoms with Crippen molar-refractivity contribution in [3.63, 3.8) is 0 Å². The van der Waals surface area contributed by atoms with Crippen molar-refractivity contribution >= 4 is 17.3 Å². The van der Waals surface area contributed by atoms with E-state index < -0.39 is 29.7 Å². The minimum Gasteiger partial charge on any atom is -0.444 e. The number of piperidine rings is 1. The number of benzene rings is 2.